The summed E-state index contributed by atoms with van der Waals surface area (Å²) in [5, 5.41) is 23.2. The molecule has 0 spiro atoms. The van der Waals surface area contributed by atoms with E-state index in [1.165, 1.54) is 12.1 Å². The minimum Gasteiger partial charge on any atom is -0.595 e. The number of para-hydroxylation sites is 1. The first-order valence-electron chi connectivity index (χ1n) is 7.47. The van der Waals surface area contributed by atoms with Gasteiger partial charge in [-0.2, -0.15) is 10.3 Å². The first-order chi connectivity index (χ1) is 11.6. The second-order valence-corrected chi connectivity index (χ2v) is 4.90. The highest BCUT2D eigenvalue weighted by atomic mass is 16.8. The van der Waals surface area contributed by atoms with Gasteiger partial charge in [-0.15, -0.1) is 0 Å². The van der Waals surface area contributed by atoms with E-state index in [1.807, 2.05) is 30.3 Å². The third-order valence-electron chi connectivity index (χ3n) is 3.18. The maximum Gasteiger partial charge on any atom is 0.311 e. The van der Waals surface area contributed by atoms with Crippen LogP contribution < -0.4 is 10.7 Å². The van der Waals surface area contributed by atoms with E-state index in [1.54, 1.807) is 19.1 Å². The molecular formula is C17H19N3O4. The normalized spacial score (nSPS) is 12.5. The Balaban J connectivity index is 2.22. The minimum absolute atomic E-state index is 0.0138. The van der Waals surface area contributed by atoms with Gasteiger partial charge in [-0.05, 0) is 36.8 Å². The lowest BCUT2D eigenvalue weighted by atomic mass is 10.1. The number of hydrazone groups is 1. The summed E-state index contributed by atoms with van der Waals surface area (Å²) in [6.45, 7) is 2.02. The van der Waals surface area contributed by atoms with Crippen LogP contribution in [-0.2, 0) is 9.53 Å². The predicted octanol–water partition coefficient (Wildman–Crippen LogP) is 1.86. The van der Waals surface area contributed by atoms with Gasteiger partial charge in [-0.25, -0.2) is 5.21 Å². The molecule has 7 heteroatoms. The Morgan fingerprint density at radius 1 is 1.21 bits per heavy atom. The maximum absolute atomic E-state index is 11.8. The number of carbonyl (C=O) groups is 1. The van der Waals surface area contributed by atoms with Crippen molar-refractivity contribution in [3.8, 4) is 0 Å². The topological polar surface area (TPSA) is 98.4 Å². The molecule has 1 atom stereocenters. The number of rotatable bonds is 7. The summed E-state index contributed by atoms with van der Waals surface area (Å²) in [7, 11) is 0. The zero-order chi connectivity index (χ0) is 17.4. The number of hydrogen-bond donors (Lipinski definition) is 3. The molecule has 2 aromatic rings. The Bertz CT molecular complexity index is 685. The molecule has 0 heterocycles. The van der Waals surface area contributed by atoms with Crippen LogP contribution in [0, 0.1) is 5.21 Å². The van der Waals surface area contributed by atoms with Gasteiger partial charge in [0.25, 0.3) is 0 Å². The van der Waals surface area contributed by atoms with Gasteiger partial charge in [0.15, 0.2) is 5.69 Å². The lowest BCUT2D eigenvalue weighted by Gasteiger charge is -2.12. The summed E-state index contributed by atoms with van der Waals surface area (Å²) in [4.78, 5) is 11.8. The molecular weight excluding hydrogens is 310 g/mol. The number of benzene rings is 2. The standard InChI is InChI=1S/C17H19N3O4/c1-2-24-17(21)12-16(19-18-14-6-4-3-5-7-14)13-8-10-15(11-9-13)20(22)23/h3-11,18,20,22H,2,12H2,1H3. The summed E-state index contributed by atoms with van der Waals surface area (Å²) in [6, 6.07) is 15.5. The van der Waals surface area contributed by atoms with Crippen molar-refractivity contribution in [2.45, 2.75) is 13.3 Å². The van der Waals surface area contributed by atoms with E-state index in [9.17, 15) is 10.0 Å². The highest BCUT2D eigenvalue weighted by Crippen LogP contribution is 2.11. The van der Waals surface area contributed by atoms with Gasteiger partial charge in [0, 0.05) is 12.1 Å². The largest absolute Gasteiger partial charge is 0.595 e. The molecule has 0 aliphatic carbocycles. The van der Waals surface area contributed by atoms with E-state index >= 15 is 0 Å². The van der Waals surface area contributed by atoms with E-state index in [0.29, 0.717) is 11.3 Å². The molecule has 7 nitrogen and oxygen atoms in total. The third-order valence-corrected chi connectivity index (χ3v) is 3.18. The molecule has 3 N–H and O–H groups in total. The first-order valence-corrected chi connectivity index (χ1v) is 7.47. The first kappa shape index (κ1) is 17.6. The van der Waals surface area contributed by atoms with Gasteiger partial charge in [0.2, 0.25) is 0 Å². The van der Waals surface area contributed by atoms with Crippen molar-refractivity contribution in [1.82, 2.24) is 0 Å². The minimum atomic E-state index is -1.01. The van der Waals surface area contributed by atoms with Crippen LogP contribution >= 0.6 is 0 Å². The Morgan fingerprint density at radius 2 is 1.88 bits per heavy atom. The van der Waals surface area contributed by atoms with Gasteiger partial charge >= 0.3 is 5.97 Å². The number of anilines is 1. The lowest BCUT2D eigenvalue weighted by Crippen LogP contribution is -2.99. The molecule has 0 bridgehead atoms. The van der Waals surface area contributed by atoms with Crippen molar-refractivity contribution in [3.05, 3.63) is 65.4 Å². The number of hydrogen-bond acceptors (Lipinski definition) is 6. The molecule has 0 radical (unpaired) electrons. The number of quaternary nitrogens is 1. The number of nitrogens with zero attached hydrogens (tertiary/aromatic N) is 1. The second-order valence-electron chi connectivity index (χ2n) is 4.90. The van der Waals surface area contributed by atoms with E-state index in [4.69, 9.17) is 9.94 Å². The van der Waals surface area contributed by atoms with E-state index in [-0.39, 0.29) is 18.7 Å². The van der Waals surface area contributed by atoms with Crippen molar-refractivity contribution < 1.29 is 20.0 Å². The monoisotopic (exact) mass is 329 g/mol. The van der Waals surface area contributed by atoms with Crippen LogP contribution in [0.15, 0.2) is 59.7 Å². The average molecular weight is 329 g/mol. The molecule has 126 valence electrons. The van der Waals surface area contributed by atoms with Crippen molar-refractivity contribution in [1.29, 1.82) is 0 Å². The van der Waals surface area contributed by atoms with Crippen LogP contribution in [-0.4, -0.2) is 23.5 Å². The molecule has 0 saturated carbocycles. The van der Waals surface area contributed by atoms with Gasteiger partial charge in [-0.1, -0.05) is 18.2 Å². The molecule has 24 heavy (non-hydrogen) atoms. The smallest absolute Gasteiger partial charge is 0.311 e. The van der Waals surface area contributed by atoms with Crippen LogP contribution in [0.1, 0.15) is 18.9 Å². The quantitative estimate of drug-likeness (QED) is 0.409. The second kappa shape index (κ2) is 8.78. The van der Waals surface area contributed by atoms with Gasteiger partial charge in [0.05, 0.1) is 24.4 Å². The molecule has 2 rings (SSSR count). The zero-order valence-corrected chi connectivity index (χ0v) is 13.2. The predicted molar refractivity (Wildman–Crippen MR) is 90.1 cm³/mol. The van der Waals surface area contributed by atoms with Crippen molar-refractivity contribution in [2.75, 3.05) is 12.0 Å². The van der Waals surface area contributed by atoms with Crippen LogP contribution in [0.3, 0.4) is 0 Å². The highest BCUT2D eigenvalue weighted by molar-refractivity contribution is 6.09. The van der Waals surface area contributed by atoms with E-state index in [0.717, 1.165) is 5.69 Å². The van der Waals surface area contributed by atoms with Crippen LogP contribution in [0.4, 0.5) is 11.4 Å². The molecule has 0 aliphatic heterocycles. The molecule has 1 unspecified atom stereocenters. The SMILES string of the molecule is CCOC(=O)CC(=NNc1ccccc1)c1ccc([NH+]([O-])O)cc1. The summed E-state index contributed by atoms with van der Waals surface area (Å²) >= 11 is 0. The Labute approximate surface area is 139 Å². The van der Waals surface area contributed by atoms with Gasteiger partial charge in [0.1, 0.15) is 0 Å². The number of nitrogens with one attached hydrogen (secondary N) is 2. The number of ether oxygens (including phenoxy) is 1. The Morgan fingerprint density at radius 3 is 2.46 bits per heavy atom. The van der Waals surface area contributed by atoms with Crippen LogP contribution in [0.25, 0.3) is 0 Å². The summed E-state index contributed by atoms with van der Waals surface area (Å²) < 4.78 is 4.97. The number of carbonyl (C=O) groups excluding carboxylic acids is 1. The fraction of sp³-hybridized carbons (Fsp3) is 0.176. The molecule has 0 saturated heterocycles. The summed E-state index contributed by atoms with van der Waals surface area (Å²) in [6.07, 6.45) is -0.0138. The maximum atomic E-state index is 11.8. The molecule has 0 aromatic heterocycles. The van der Waals surface area contributed by atoms with Gasteiger partial charge < -0.3 is 9.94 Å². The molecule has 0 aliphatic rings. The van der Waals surface area contributed by atoms with E-state index in [2.05, 4.69) is 10.5 Å². The fourth-order valence-corrected chi connectivity index (χ4v) is 2.00. The van der Waals surface area contributed by atoms with Gasteiger partial charge in [-0.3, -0.25) is 10.2 Å². The van der Waals surface area contributed by atoms with Crippen LogP contribution in [0.5, 0.6) is 0 Å². The van der Waals surface area contributed by atoms with Crippen molar-refractivity contribution in [2.24, 2.45) is 5.10 Å². The molecule has 0 fully saturated rings. The lowest BCUT2D eigenvalue weighted by molar-refractivity contribution is -0.991. The summed E-state index contributed by atoms with van der Waals surface area (Å²) in [5.41, 5.74) is 4.96. The summed E-state index contributed by atoms with van der Waals surface area (Å²) in [5.74, 6) is -0.395. The zero-order valence-electron chi connectivity index (χ0n) is 13.2. The highest BCUT2D eigenvalue weighted by Gasteiger charge is 2.12. The molecule has 0 amide bonds. The third kappa shape index (κ3) is 5.17. The fourth-order valence-electron chi connectivity index (χ4n) is 2.00. The Hall–Kier alpha value is -2.74. The average Bonchev–Trinajstić information content (AvgIpc) is 2.60. The molecule has 2 aromatic carbocycles. The van der Waals surface area contributed by atoms with Crippen molar-refractivity contribution in [3.63, 3.8) is 0 Å². The van der Waals surface area contributed by atoms with Crippen LogP contribution in [0.2, 0.25) is 0 Å². The van der Waals surface area contributed by atoms with Crippen molar-refractivity contribution >= 4 is 23.1 Å². The van der Waals surface area contributed by atoms with E-state index < -0.39 is 11.2 Å². The Kier molecular flexibility index (Phi) is 6.44. The number of esters is 1.